The van der Waals surface area contributed by atoms with Crippen LogP contribution >= 0.6 is 0 Å². The minimum atomic E-state index is -3.47. The second-order valence-electron chi connectivity index (χ2n) is 6.10. The maximum Gasteiger partial charge on any atom is 0.243 e. The van der Waals surface area contributed by atoms with Crippen molar-refractivity contribution in [3.05, 3.63) is 27.8 Å². The number of benzene rings is 1. The van der Waals surface area contributed by atoms with Crippen LogP contribution in [0.5, 0.6) is 0 Å². The van der Waals surface area contributed by atoms with Crippen LogP contribution in [-0.2, 0) is 10.0 Å². The van der Waals surface area contributed by atoms with Crippen LogP contribution in [0.4, 0.5) is 0 Å². The van der Waals surface area contributed by atoms with Crippen molar-refractivity contribution in [2.45, 2.75) is 58.4 Å². The fourth-order valence-electron chi connectivity index (χ4n) is 3.33. The standard InChI is InChI=1S/C16H26N2O2S/c1-10-11(2)13(4)16(14(5)12(10)3)21(19,20)18-8-6-7-15(18)9-17/h15H,6-9,17H2,1-5H3. The predicted octanol–water partition coefficient (Wildman–Crippen LogP) is 2.34. The molecule has 1 aliphatic rings. The lowest BCUT2D eigenvalue weighted by atomic mass is 9.95. The van der Waals surface area contributed by atoms with Gasteiger partial charge in [-0.15, -0.1) is 0 Å². The Morgan fingerprint density at radius 1 is 1.00 bits per heavy atom. The van der Waals surface area contributed by atoms with E-state index >= 15 is 0 Å². The van der Waals surface area contributed by atoms with Crippen molar-refractivity contribution in [2.75, 3.05) is 13.1 Å². The lowest BCUT2D eigenvalue weighted by molar-refractivity contribution is 0.392. The molecule has 1 unspecified atom stereocenters. The monoisotopic (exact) mass is 310 g/mol. The second-order valence-corrected chi connectivity index (χ2v) is 7.93. The lowest BCUT2D eigenvalue weighted by Crippen LogP contribution is -2.40. The third kappa shape index (κ3) is 2.51. The van der Waals surface area contributed by atoms with Gasteiger partial charge in [0.05, 0.1) is 4.90 Å². The molecule has 0 amide bonds. The summed E-state index contributed by atoms with van der Waals surface area (Å²) in [5.41, 5.74) is 10.8. The van der Waals surface area contributed by atoms with Crippen LogP contribution in [-0.4, -0.2) is 31.9 Å². The fourth-order valence-corrected chi connectivity index (χ4v) is 5.60. The van der Waals surface area contributed by atoms with Gasteiger partial charge in [0.1, 0.15) is 0 Å². The van der Waals surface area contributed by atoms with Gasteiger partial charge in [0.15, 0.2) is 0 Å². The van der Waals surface area contributed by atoms with Crippen molar-refractivity contribution in [1.29, 1.82) is 0 Å². The van der Waals surface area contributed by atoms with Gasteiger partial charge in [-0.25, -0.2) is 8.42 Å². The predicted molar refractivity (Wildman–Crippen MR) is 86.1 cm³/mol. The average Bonchev–Trinajstić information content (AvgIpc) is 2.92. The van der Waals surface area contributed by atoms with Crippen molar-refractivity contribution in [1.82, 2.24) is 4.31 Å². The first kappa shape index (κ1) is 16.5. The summed E-state index contributed by atoms with van der Waals surface area (Å²) in [4.78, 5) is 0.489. The molecule has 4 nitrogen and oxygen atoms in total. The molecule has 0 aromatic heterocycles. The normalized spacial score (nSPS) is 20.2. The van der Waals surface area contributed by atoms with Gasteiger partial charge < -0.3 is 5.73 Å². The van der Waals surface area contributed by atoms with Crippen LogP contribution < -0.4 is 5.73 Å². The zero-order valence-corrected chi connectivity index (χ0v) is 14.5. The van der Waals surface area contributed by atoms with E-state index in [0.29, 0.717) is 18.0 Å². The highest BCUT2D eigenvalue weighted by molar-refractivity contribution is 7.89. The van der Waals surface area contributed by atoms with Crippen LogP contribution in [0, 0.1) is 34.6 Å². The molecule has 0 radical (unpaired) electrons. The van der Waals surface area contributed by atoms with E-state index in [1.54, 1.807) is 4.31 Å². The number of nitrogens with two attached hydrogens (primary N) is 1. The van der Waals surface area contributed by atoms with E-state index in [1.807, 2.05) is 27.7 Å². The molecule has 0 aliphatic carbocycles. The molecule has 1 fully saturated rings. The number of hydrogen-bond donors (Lipinski definition) is 1. The summed E-state index contributed by atoms with van der Waals surface area (Å²) in [7, 11) is -3.47. The van der Waals surface area contributed by atoms with E-state index < -0.39 is 10.0 Å². The first-order valence-corrected chi connectivity index (χ1v) is 8.96. The molecule has 2 rings (SSSR count). The number of sulfonamides is 1. The third-order valence-corrected chi connectivity index (χ3v) is 7.32. The summed E-state index contributed by atoms with van der Waals surface area (Å²) in [5, 5.41) is 0. The molecule has 21 heavy (non-hydrogen) atoms. The summed E-state index contributed by atoms with van der Waals surface area (Å²) in [6.07, 6.45) is 1.75. The zero-order valence-electron chi connectivity index (χ0n) is 13.7. The number of nitrogens with zero attached hydrogens (tertiary/aromatic N) is 1. The van der Waals surface area contributed by atoms with Crippen molar-refractivity contribution >= 4 is 10.0 Å². The van der Waals surface area contributed by atoms with E-state index in [4.69, 9.17) is 5.73 Å². The van der Waals surface area contributed by atoms with Gasteiger partial charge in [-0.05, 0) is 75.3 Å². The van der Waals surface area contributed by atoms with Crippen molar-refractivity contribution in [3.63, 3.8) is 0 Å². The van der Waals surface area contributed by atoms with Gasteiger partial charge in [-0.2, -0.15) is 4.31 Å². The number of hydrogen-bond acceptors (Lipinski definition) is 3. The van der Waals surface area contributed by atoms with Gasteiger partial charge >= 0.3 is 0 Å². The molecular weight excluding hydrogens is 284 g/mol. The molecule has 1 aromatic rings. The zero-order chi connectivity index (χ0) is 15.9. The van der Waals surface area contributed by atoms with Crippen molar-refractivity contribution in [3.8, 4) is 0 Å². The van der Waals surface area contributed by atoms with Crippen molar-refractivity contribution < 1.29 is 8.42 Å². The molecule has 1 saturated heterocycles. The summed E-state index contributed by atoms with van der Waals surface area (Å²) in [6.45, 7) is 10.8. The largest absolute Gasteiger partial charge is 0.329 e. The molecule has 1 heterocycles. The minimum absolute atomic E-state index is 0.0595. The highest BCUT2D eigenvalue weighted by Crippen LogP contribution is 2.34. The van der Waals surface area contributed by atoms with Gasteiger partial charge in [0.25, 0.3) is 0 Å². The maximum absolute atomic E-state index is 13.1. The Morgan fingerprint density at radius 3 is 1.95 bits per heavy atom. The first-order chi connectivity index (χ1) is 9.73. The van der Waals surface area contributed by atoms with Gasteiger partial charge in [0.2, 0.25) is 10.0 Å². The first-order valence-electron chi connectivity index (χ1n) is 7.52. The van der Waals surface area contributed by atoms with E-state index in [0.717, 1.165) is 35.1 Å². The topological polar surface area (TPSA) is 63.4 Å². The summed E-state index contributed by atoms with van der Waals surface area (Å²) < 4.78 is 27.9. The maximum atomic E-state index is 13.1. The van der Waals surface area contributed by atoms with Crippen molar-refractivity contribution in [2.24, 2.45) is 5.73 Å². The van der Waals surface area contributed by atoms with Gasteiger partial charge in [-0.3, -0.25) is 0 Å². The minimum Gasteiger partial charge on any atom is -0.329 e. The smallest absolute Gasteiger partial charge is 0.243 e. The highest BCUT2D eigenvalue weighted by atomic mass is 32.2. The number of rotatable bonds is 3. The fraction of sp³-hybridized carbons (Fsp3) is 0.625. The van der Waals surface area contributed by atoms with Crippen LogP contribution in [0.2, 0.25) is 0 Å². The third-order valence-electron chi connectivity index (χ3n) is 5.09. The SMILES string of the molecule is Cc1c(C)c(C)c(S(=O)(=O)N2CCCC2CN)c(C)c1C. The van der Waals surface area contributed by atoms with Crippen LogP contribution in [0.25, 0.3) is 0 Å². The Kier molecular flexibility index (Phi) is 4.47. The molecule has 2 N–H and O–H groups in total. The van der Waals surface area contributed by atoms with E-state index in [1.165, 1.54) is 5.56 Å². The molecule has 5 heteroatoms. The lowest BCUT2D eigenvalue weighted by Gasteiger charge is -2.26. The average molecular weight is 310 g/mol. The van der Waals surface area contributed by atoms with Crippen LogP contribution in [0.1, 0.15) is 40.7 Å². The molecule has 0 spiro atoms. The second kappa shape index (κ2) is 5.71. The summed E-state index contributed by atoms with van der Waals surface area (Å²) in [5.74, 6) is 0. The Bertz CT molecular complexity index is 636. The molecule has 0 bridgehead atoms. The molecule has 0 saturated carbocycles. The summed E-state index contributed by atoms with van der Waals surface area (Å²) in [6, 6.07) is -0.0595. The Morgan fingerprint density at radius 2 is 1.48 bits per heavy atom. The Balaban J connectivity index is 2.66. The van der Waals surface area contributed by atoms with Crippen LogP contribution in [0.15, 0.2) is 4.90 Å². The highest BCUT2D eigenvalue weighted by Gasteiger charge is 2.36. The Hall–Kier alpha value is -0.910. The Labute approximate surface area is 128 Å². The van der Waals surface area contributed by atoms with E-state index in [-0.39, 0.29) is 6.04 Å². The summed E-state index contributed by atoms with van der Waals surface area (Å²) >= 11 is 0. The van der Waals surface area contributed by atoms with Gasteiger partial charge in [0, 0.05) is 19.1 Å². The molecule has 1 aliphatic heterocycles. The van der Waals surface area contributed by atoms with Gasteiger partial charge in [-0.1, -0.05) is 0 Å². The van der Waals surface area contributed by atoms with E-state index in [2.05, 4.69) is 6.92 Å². The van der Waals surface area contributed by atoms with Crippen LogP contribution in [0.3, 0.4) is 0 Å². The molecule has 118 valence electrons. The molecule has 1 atom stereocenters. The molecule has 1 aromatic carbocycles. The molecular formula is C16H26N2O2S. The quantitative estimate of drug-likeness (QED) is 0.932. The van der Waals surface area contributed by atoms with E-state index in [9.17, 15) is 8.42 Å².